The minimum Gasteiger partial charge on any atom is -0.492 e. The first-order valence-corrected chi connectivity index (χ1v) is 9.68. The lowest BCUT2D eigenvalue weighted by Crippen LogP contribution is -2.45. The third-order valence-electron chi connectivity index (χ3n) is 4.96. The summed E-state index contributed by atoms with van der Waals surface area (Å²) in [6, 6.07) is 23.4. The van der Waals surface area contributed by atoms with Crippen LogP contribution in [0.5, 0.6) is 5.75 Å². The maximum absolute atomic E-state index is 13.3. The van der Waals surface area contributed by atoms with Gasteiger partial charge in [-0.05, 0) is 42.8 Å². The van der Waals surface area contributed by atoms with Gasteiger partial charge in [0.15, 0.2) is 0 Å². The Morgan fingerprint density at radius 1 is 0.966 bits per heavy atom. The van der Waals surface area contributed by atoms with E-state index in [1.807, 2.05) is 67.6 Å². The average molecular weight is 386 g/mol. The summed E-state index contributed by atoms with van der Waals surface area (Å²) in [6.45, 7) is 2.40. The number of anilines is 2. The largest absolute Gasteiger partial charge is 0.492 e. The van der Waals surface area contributed by atoms with Gasteiger partial charge in [0, 0.05) is 17.7 Å². The maximum Gasteiger partial charge on any atom is 0.259 e. The van der Waals surface area contributed by atoms with Crippen LogP contribution in [0.2, 0.25) is 0 Å². The van der Waals surface area contributed by atoms with Gasteiger partial charge in [0.2, 0.25) is 5.91 Å². The number of rotatable bonds is 5. The highest BCUT2D eigenvalue weighted by molar-refractivity contribution is 6.13. The van der Waals surface area contributed by atoms with Crippen LogP contribution < -0.4 is 15.0 Å². The van der Waals surface area contributed by atoms with E-state index in [9.17, 15) is 9.59 Å². The molecule has 3 aromatic rings. The van der Waals surface area contributed by atoms with Crippen molar-refractivity contribution in [3.05, 3.63) is 90.0 Å². The Labute approximate surface area is 169 Å². The van der Waals surface area contributed by atoms with E-state index in [2.05, 4.69) is 5.32 Å². The summed E-state index contributed by atoms with van der Waals surface area (Å²) >= 11 is 0. The van der Waals surface area contributed by atoms with Gasteiger partial charge in [0.05, 0.1) is 12.3 Å². The first-order chi connectivity index (χ1) is 14.2. The Morgan fingerprint density at radius 2 is 1.66 bits per heavy atom. The normalized spacial score (nSPS) is 14.9. The topological polar surface area (TPSA) is 58.6 Å². The van der Waals surface area contributed by atoms with Gasteiger partial charge in [-0.25, -0.2) is 0 Å². The molecule has 146 valence electrons. The fraction of sp³-hybridized carbons (Fsp3) is 0.167. The number of fused-ring (bicyclic) bond motifs is 1. The molecule has 0 spiro atoms. The van der Waals surface area contributed by atoms with Crippen LogP contribution in [0.3, 0.4) is 0 Å². The Hall–Kier alpha value is -3.60. The van der Waals surface area contributed by atoms with Gasteiger partial charge in [0.1, 0.15) is 11.8 Å². The van der Waals surface area contributed by atoms with E-state index >= 15 is 0 Å². The van der Waals surface area contributed by atoms with Gasteiger partial charge >= 0.3 is 0 Å². The molecule has 0 bridgehead atoms. The number of hydrogen-bond acceptors (Lipinski definition) is 3. The number of para-hydroxylation sites is 3. The minimum atomic E-state index is -0.630. The molecule has 1 aliphatic rings. The second-order valence-corrected chi connectivity index (χ2v) is 6.81. The lowest BCUT2D eigenvalue weighted by Gasteiger charge is -2.25. The van der Waals surface area contributed by atoms with Crippen molar-refractivity contribution < 1.29 is 14.3 Å². The summed E-state index contributed by atoms with van der Waals surface area (Å²) in [5, 5.41) is 2.95. The number of nitrogens with one attached hydrogen (secondary N) is 1. The molecule has 1 aliphatic heterocycles. The Balaban J connectivity index is 1.65. The molecule has 5 nitrogen and oxygen atoms in total. The standard InChI is InChI=1S/C24H22N2O3/c1-2-29-22-15-9-7-13-19(22)25-23(27)21-16-18-12-6-8-14-20(18)26(21)24(28)17-10-4-3-5-11-17/h3-15,21H,2,16H2,1H3,(H,25,27). The van der Waals surface area contributed by atoms with Crippen LogP contribution in [0.15, 0.2) is 78.9 Å². The quantitative estimate of drug-likeness (QED) is 0.711. The molecule has 5 heteroatoms. The molecule has 0 aromatic heterocycles. The smallest absolute Gasteiger partial charge is 0.259 e. The number of nitrogens with zero attached hydrogens (tertiary/aromatic N) is 1. The Bertz CT molecular complexity index is 1030. The molecule has 3 aromatic carbocycles. The molecule has 29 heavy (non-hydrogen) atoms. The summed E-state index contributed by atoms with van der Waals surface area (Å²) in [7, 11) is 0. The minimum absolute atomic E-state index is 0.186. The number of carbonyl (C=O) groups excluding carboxylic acids is 2. The van der Waals surface area contributed by atoms with Crippen LogP contribution in [0.1, 0.15) is 22.8 Å². The highest BCUT2D eigenvalue weighted by Crippen LogP contribution is 2.34. The van der Waals surface area contributed by atoms with Crippen molar-refractivity contribution >= 4 is 23.2 Å². The summed E-state index contributed by atoms with van der Waals surface area (Å²) in [4.78, 5) is 28.1. The van der Waals surface area contributed by atoms with E-state index in [0.717, 1.165) is 11.3 Å². The van der Waals surface area contributed by atoms with Crippen LogP contribution in [0, 0.1) is 0 Å². The van der Waals surface area contributed by atoms with Crippen molar-refractivity contribution in [2.75, 3.05) is 16.8 Å². The summed E-state index contributed by atoms with van der Waals surface area (Å²) in [6.07, 6.45) is 0.470. The van der Waals surface area contributed by atoms with E-state index in [1.54, 1.807) is 23.1 Å². The van der Waals surface area contributed by atoms with Gasteiger partial charge in [-0.2, -0.15) is 0 Å². The fourth-order valence-electron chi connectivity index (χ4n) is 3.63. The summed E-state index contributed by atoms with van der Waals surface area (Å²) in [5.41, 5.74) is 2.91. The Kier molecular flexibility index (Phi) is 5.29. The second-order valence-electron chi connectivity index (χ2n) is 6.81. The number of carbonyl (C=O) groups is 2. The first kappa shape index (κ1) is 18.7. The molecule has 2 amide bonds. The predicted molar refractivity (Wildman–Crippen MR) is 113 cm³/mol. The van der Waals surface area contributed by atoms with Crippen molar-refractivity contribution in [3.63, 3.8) is 0 Å². The van der Waals surface area contributed by atoms with Crippen LogP contribution >= 0.6 is 0 Å². The van der Waals surface area contributed by atoms with Gasteiger partial charge < -0.3 is 10.1 Å². The van der Waals surface area contributed by atoms with Gasteiger partial charge in [-0.1, -0.05) is 48.5 Å². The lowest BCUT2D eigenvalue weighted by molar-refractivity contribution is -0.117. The molecule has 0 saturated heterocycles. The number of benzene rings is 3. The predicted octanol–water partition coefficient (Wildman–Crippen LogP) is 4.30. The molecule has 1 N–H and O–H groups in total. The van der Waals surface area contributed by atoms with Crippen molar-refractivity contribution in [2.24, 2.45) is 0 Å². The zero-order chi connectivity index (χ0) is 20.2. The fourth-order valence-corrected chi connectivity index (χ4v) is 3.63. The van der Waals surface area contributed by atoms with Gasteiger partial charge in [-0.3, -0.25) is 14.5 Å². The van der Waals surface area contributed by atoms with E-state index in [1.165, 1.54) is 0 Å². The van der Waals surface area contributed by atoms with Crippen molar-refractivity contribution in [1.82, 2.24) is 0 Å². The summed E-state index contributed by atoms with van der Waals surface area (Å²) < 4.78 is 5.61. The summed E-state index contributed by atoms with van der Waals surface area (Å²) in [5.74, 6) is 0.186. The highest BCUT2D eigenvalue weighted by atomic mass is 16.5. The van der Waals surface area contributed by atoms with Crippen LogP contribution in [0.4, 0.5) is 11.4 Å². The zero-order valence-corrected chi connectivity index (χ0v) is 16.2. The molecule has 1 atom stereocenters. The molecular formula is C24H22N2O3. The lowest BCUT2D eigenvalue weighted by atomic mass is 10.1. The number of ether oxygens (including phenoxy) is 1. The number of amides is 2. The highest BCUT2D eigenvalue weighted by Gasteiger charge is 2.38. The molecule has 0 aliphatic carbocycles. The van der Waals surface area contributed by atoms with Crippen LogP contribution in [-0.2, 0) is 11.2 Å². The molecular weight excluding hydrogens is 364 g/mol. The third-order valence-corrected chi connectivity index (χ3v) is 4.96. The zero-order valence-electron chi connectivity index (χ0n) is 16.2. The average Bonchev–Trinajstić information content (AvgIpc) is 3.15. The molecule has 1 heterocycles. The molecule has 0 radical (unpaired) electrons. The SMILES string of the molecule is CCOc1ccccc1NC(=O)C1Cc2ccccc2N1C(=O)c1ccccc1. The molecule has 0 fully saturated rings. The second kappa shape index (κ2) is 8.19. The van der Waals surface area contributed by atoms with Gasteiger partial charge in [-0.15, -0.1) is 0 Å². The third kappa shape index (κ3) is 3.72. The molecule has 4 rings (SSSR count). The van der Waals surface area contributed by atoms with Crippen molar-refractivity contribution in [3.8, 4) is 5.75 Å². The van der Waals surface area contributed by atoms with Gasteiger partial charge in [0.25, 0.3) is 5.91 Å². The first-order valence-electron chi connectivity index (χ1n) is 9.68. The van der Waals surface area contributed by atoms with E-state index < -0.39 is 6.04 Å². The van der Waals surface area contributed by atoms with Crippen LogP contribution in [-0.4, -0.2) is 24.5 Å². The van der Waals surface area contributed by atoms with E-state index in [0.29, 0.717) is 30.0 Å². The molecule has 1 unspecified atom stereocenters. The van der Waals surface area contributed by atoms with Crippen molar-refractivity contribution in [2.45, 2.75) is 19.4 Å². The number of hydrogen-bond donors (Lipinski definition) is 1. The monoisotopic (exact) mass is 386 g/mol. The Morgan fingerprint density at radius 3 is 2.45 bits per heavy atom. The van der Waals surface area contributed by atoms with E-state index in [-0.39, 0.29) is 11.8 Å². The maximum atomic E-state index is 13.3. The van der Waals surface area contributed by atoms with Crippen molar-refractivity contribution in [1.29, 1.82) is 0 Å². The molecule has 0 saturated carbocycles. The van der Waals surface area contributed by atoms with E-state index in [4.69, 9.17) is 4.74 Å². The van der Waals surface area contributed by atoms with Crippen LogP contribution in [0.25, 0.3) is 0 Å².